The van der Waals surface area contributed by atoms with Gasteiger partial charge in [-0.25, -0.2) is 0 Å². The van der Waals surface area contributed by atoms with Crippen molar-refractivity contribution in [1.29, 1.82) is 0 Å². The molecule has 0 aromatic heterocycles. The van der Waals surface area contributed by atoms with Crippen molar-refractivity contribution >= 4 is 18.1 Å². The highest BCUT2D eigenvalue weighted by molar-refractivity contribution is 8.12. The fourth-order valence-electron chi connectivity index (χ4n) is 1.06. The lowest BCUT2D eigenvalue weighted by Gasteiger charge is -2.37. The van der Waals surface area contributed by atoms with E-state index in [1.807, 2.05) is 6.92 Å². The van der Waals surface area contributed by atoms with E-state index in [0.29, 0.717) is 0 Å². The molecule has 1 fully saturated rings. The first-order chi connectivity index (χ1) is 4.94. The van der Waals surface area contributed by atoms with Crippen LogP contribution in [0.2, 0.25) is 0 Å². The minimum atomic E-state index is -2.42. The van der Waals surface area contributed by atoms with Crippen LogP contribution < -0.4 is 0 Å². The number of hydrogen-bond donors (Lipinski definition) is 1. The predicted octanol–water partition coefficient (Wildman–Crippen LogP) is 1.46. The Morgan fingerprint density at radius 2 is 1.55 bits per heavy atom. The molecule has 0 amide bonds. The lowest BCUT2D eigenvalue weighted by Crippen LogP contribution is -2.33. The van der Waals surface area contributed by atoms with Crippen LogP contribution in [-0.2, 0) is 21.3 Å². The fraction of sp³-hybridized carbons (Fsp3) is 1.00. The van der Waals surface area contributed by atoms with Gasteiger partial charge in [0.05, 0.1) is 0 Å². The first-order valence-electron chi connectivity index (χ1n) is 3.57. The first kappa shape index (κ1) is 9.62. The lowest BCUT2D eigenvalue weighted by atomic mass is 10.7. The normalized spacial score (nSPS) is 52.5. The Hall–Kier alpha value is 0.530. The van der Waals surface area contributed by atoms with Crippen molar-refractivity contribution < 1.29 is 14.4 Å². The van der Waals surface area contributed by atoms with Crippen LogP contribution in [0.3, 0.4) is 0 Å². The van der Waals surface area contributed by atoms with Gasteiger partial charge < -0.3 is 14.4 Å². The molecule has 0 bridgehead atoms. The molecule has 2 atom stereocenters. The van der Waals surface area contributed by atoms with E-state index in [1.54, 1.807) is 13.8 Å². The van der Waals surface area contributed by atoms with Gasteiger partial charge in [0.15, 0.2) is 6.29 Å². The first-order valence-corrected chi connectivity index (χ1v) is 6.47. The van der Waals surface area contributed by atoms with E-state index in [0.717, 1.165) is 0 Å². The zero-order chi connectivity index (χ0) is 8.65. The Kier molecular flexibility index (Phi) is 2.72. The van der Waals surface area contributed by atoms with Crippen LogP contribution in [0.4, 0.5) is 0 Å². The van der Waals surface area contributed by atoms with Crippen LogP contribution in [0.25, 0.3) is 0 Å². The maximum Gasteiger partial charge on any atom is 0.156 e. The zero-order valence-electron chi connectivity index (χ0n) is 6.85. The van der Waals surface area contributed by atoms with Crippen molar-refractivity contribution in [2.75, 3.05) is 0 Å². The van der Waals surface area contributed by atoms with Gasteiger partial charge >= 0.3 is 0 Å². The number of rotatable bonds is 0. The quantitative estimate of drug-likeness (QED) is 0.595. The van der Waals surface area contributed by atoms with Crippen LogP contribution in [0.15, 0.2) is 0 Å². The molecule has 1 aliphatic heterocycles. The van der Waals surface area contributed by atoms with Gasteiger partial charge in [-0.1, -0.05) is 11.8 Å². The molecule has 3 nitrogen and oxygen atoms in total. The summed E-state index contributed by atoms with van der Waals surface area (Å²) >= 11 is 5.01. The second-order valence-corrected chi connectivity index (χ2v) is 7.27. The summed E-state index contributed by atoms with van der Waals surface area (Å²) in [6.45, 7) is 5.41. The van der Waals surface area contributed by atoms with E-state index in [2.05, 4.69) is 0 Å². The molecule has 1 rings (SSSR count). The highest BCUT2D eigenvalue weighted by Crippen LogP contribution is 2.55. The molecule has 0 aromatic rings. The highest BCUT2D eigenvalue weighted by Gasteiger charge is 2.37. The SMILES string of the molecule is CC1OC(C)P(O)(=S)C(C)O1. The molecule has 1 saturated heterocycles. The van der Waals surface area contributed by atoms with Crippen LogP contribution in [0.1, 0.15) is 20.8 Å². The third-order valence-electron chi connectivity index (χ3n) is 1.82. The zero-order valence-corrected chi connectivity index (χ0v) is 8.56. The lowest BCUT2D eigenvalue weighted by molar-refractivity contribution is -0.164. The van der Waals surface area contributed by atoms with Gasteiger partial charge in [-0.3, -0.25) is 0 Å². The second-order valence-electron chi connectivity index (χ2n) is 2.71. The van der Waals surface area contributed by atoms with Gasteiger partial charge in [-0.05, 0) is 20.8 Å². The molecule has 1 N–H and O–H groups in total. The van der Waals surface area contributed by atoms with Gasteiger partial charge in [0.25, 0.3) is 0 Å². The average molecular weight is 196 g/mol. The van der Waals surface area contributed by atoms with Crippen molar-refractivity contribution in [3.05, 3.63) is 0 Å². The standard InChI is InChI=1S/C6H13O3PS/c1-4-8-5(2)10(7,11)6(3)9-4/h4-6H,1-3H3,(H,7,11). The number of hydrogen-bond acceptors (Lipinski definition) is 3. The van der Waals surface area contributed by atoms with E-state index in [1.165, 1.54) is 0 Å². The highest BCUT2D eigenvalue weighted by atomic mass is 32.4. The largest absolute Gasteiger partial charge is 0.361 e. The van der Waals surface area contributed by atoms with Gasteiger partial charge in [-0.2, -0.15) is 0 Å². The number of ether oxygens (including phenoxy) is 2. The summed E-state index contributed by atoms with van der Waals surface area (Å²) in [6, 6.07) is 0. The molecule has 0 spiro atoms. The smallest absolute Gasteiger partial charge is 0.156 e. The summed E-state index contributed by atoms with van der Waals surface area (Å²) < 4.78 is 10.5. The molecule has 66 valence electrons. The van der Waals surface area contributed by atoms with Crippen LogP contribution in [0.5, 0.6) is 0 Å². The van der Waals surface area contributed by atoms with Crippen molar-refractivity contribution in [2.45, 2.75) is 38.8 Å². The molecule has 0 saturated carbocycles. The Balaban J connectivity index is 2.76. The monoisotopic (exact) mass is 196 g/mol. The Labute approximate surface area is 71.8 Å². The van der Waals surface area contributed by atoms with E-state index >= 15 is 0 Å². The van der Waals surface area contributed by atoms with E-state index in [4.69, 9.17) is 21.3 Å². The van der Waals surface area contributed by atoms with Crippen molar-refractivity contribution in [3.8, 4) is 0 Å². The van der Waals surface area contributed by atoms with E-state index < -0.39 is 6.26 Å². The maximum absolute atomic E-state index is 9.71. The van der Waals surface area contributed by atoms with Crippen LogP contribution in [-0.4, -0.2) is 22.9 Å². The van der Waals surface area contributed by atoms with E-state index in [9.17, 15) is 4.89 Å². The summed E-state index contributed by atoms with van der Waals surface area (Å²) in [5.41, 5.74) is 0. The molecule has 5 heteroatoms. The van der Waals surface area contributed by atoms with Crippen molar-refractivity contribution in [2.24, 2.45) is 0 Å². The van der Waals surface area contributed by atoms with Gasteiger partial charge in [0.1, 0.15) is 18.0 Å². The molecule has 11 heavy (non-hydrogen) atoms. The molecule has 0 aromatic carbocycles. The summed E-state index contributed by atoms with van der Waals surface area (Å²) in [4.78, 5) is 9.71. The van der Waals surface area contributed by atoms with Gasteiger partial charge in [0, 0.05) is 0 Å². The molecule has 1 aliphatic rings. The van der Waals surface area contributed by atoms with Crippen LogP contribution in [0, 0.1) is 0 Å². The van der Waals surface area contributed by atoms with Gasteiger partial charge in [0.2, 0.25) is 0 Å². The summed E-state index contributed by atoms with van der Waals surface area (Å²) in [5.74, 6) is -0.479. The summed E-state index contributed by atoms with van der Waals surface area (Å²) in [6.07, 6.45) is -2.66. The molecule has 1 heterocycles. The second kappa shape index (κ2) is 3.11. The topological polar surface area (TPSA) is 38.7 Å². The van der Waals surface area contributed by atoms with Crippen molar-refractivity contribution in [3.63, 3.8) is 0 Å². The van der Waals surface area contributed by atoms with E-state index in [-0.39, 0.29) is 18.0 Å². The van der Waals surface area contributed by atoms with Crippen LogP contribution >= 0.6 is 6.26 Å². The molecular weight excluding hydrogens is 183 g/mol. The van der Waals surface area contributed by atoms with Crippen molar-refractivity contribution in [1.82, 2.24) is 0 Å². The third-order valence-corrected chi connectivity index (χ3v) is 5.93. The summed E-state index contributed by atoms with van der Waals surface area (Å²) in [7, 11) is 0. The maximum atomic E-state index is 9.71. The molecular formula is C6H13O3PS. The van der Waals surface area contributed by atoms with Gasteiger partial charge in [-0.15, -0.1) is 0 Å². The average Bonchev–Trinajstić information content (AvgIpc) is 1.84. The predicted molar refractivity (Wildman–Crippen MR) is 47.1 cm³/mol. The Morgan fingerprint density at radius 1 is 1.18 bits per heavy atom. The molecule has 2 unspecified atom stereocenters. The Bertz CT molecular complexity index is 180. The molecule has 0 radical (unpaired) electrons. The Morgan fingerprint density at radius 3 is 1.91 bits per heavy atom. The summed E-state index contributed by atoms with van der Waals surface area (Å²) in [5, 5.41) is 0. The minimum absolute atomic E-state index is 0.240. The fourth-order valence-corrected chi connectivity index (χ4v) is 2.64. The molecule has 0 aliphatic carbocycles. The third kappa shape index (κ3) is 1.82. The minimum Gasteiger partial charge on any atom is -0.361 e.